The first-order chi connectivity index (χ1) is 8.69. The van der Waals surface area contributed by atoms with E-state index in [1.807, 2.05) is 0 Å². The highest BCUT2D eigenvalue weighted by molar-refractivity contribution is 5.51. The Bertz CT molecular complexity index is 372. The summed E-state index contributed by atoms with van der Waals surface area (Å²) in [6.45, 7) is 7.42. The van der Waals surface area contributed by atoms with Crippen LogP contribution in [0.1, 0.15) is 24.0 Å². The molecule has 18 heavy (non-hydrogen) atoms. The zero-order valence-corrected chi connectivity index (χ0v) is 11.4. The summed E-state index contributed by atoms with van der Waals surface area (Å²) in [6.07, 6.45) is 2.43. The van der Waals surface area contributed by atoms with E-state index in [2.05, 4.69) is 42.3 Å². The van der Waals surface area contributed by atoms with Gasteiger partial charge >= 0.3 is 0 Å². The number of rotatable bonds is 4. The molecule has 0 spiro atoms. The van der Waals surface area contributed by atoms with Crippen molar-refractivity contribution in [2.45, 2.75) is 32.7 Å². The van der Waals surface area contributed by atoms with Crippen LogP contribution in [0.4, 0.5) is 5.69 Å². The first kappa shape index (κ1) is 13.4. The lowest BCUT2D eigenvalue weighted by Crippen LogP contribution is -2.46. The molecule has 1 unspecified atom stereocenters. The number of nitrogens with one attached hydrogen (secondary N) is 1. The van der Waals surface area contributed by atoms with Crippen LogP contribution in [0.15, 0.2) is 18.2 Å². The minimum atomic E-state index is 0.222. The Morgan fingerprint density at radius 1 is 1.28 bits per heavy atom. The van der Waals surface area contributed by atoms with Crippen molar-refractivity contribution in [3.63, 3.8) is 0 Å². The fourth-order valence-electron chi connectivity index (χ4n) is 2.78. The van der Waals surface area contributed by atoms with Crippen molar-refractivity contribution in [2.24, 2.45) is 0 Å². The number of anilines is 1. The predicted octanol–water partition coefficient (Wildman–Crippen LogP) is 1.85. The molecule has 1 aromatic carbocycles. The van der Waals surface area contributed by atoms with Gasteiger partial charge in [0.2, 0.25) is 0 Å². The van der Waals surface area contributed by atoms with Crippen molar-refractivity contribution in [2.75, 3.05) is 31.1 Å². The Kier molecular flexibility index (Phi) is 4.61. The summed E-state index contributed by atoms with van der Waals surface area (Å²) in [5, 5.41) is 12.3. The number of hydrogen-bond donors (Lipinski definition) is 2. The molecule has 1 aliphatic heterocycles. The second-order valence-electron chi connectivity index (χ2n) is 5.31. The Morgan fingerprint density at radius 3 is 2.67 bits per heavy atom. The van der Waals surface area contributed by atoms with Gasteiger partial charge in [-0.2, -0.15) is 0 Å². The zero-order chi connectivity index (χ0) is 13.0. The van der Waals surface area contributed by atoms with Crippen LogP contribution in [0, 0.1) is 13.8 Å². The van der Waals surface area contributed by atoms with Crippen LogP contribution < -0.4 is 10.2 Å². The molecule has 0 saturated carbocycles. The fraction of sp³-hybridized carbons (Fsp3) is 0.600. The Morgan fingerprint density at radius 2 is 2.00 bits per heavy atom. The predicted molar refractivity (Wildman–Crippen MR) is 76.2 cm³/mol. The number of aliphatic hydroxyl groups is 1. The molecule has 0 bridgehead atoms. The molecule has 0 amide bonds. The number of nitrogens with zero attached hydrogens (tertiary/aromatic N) is 1. The van der Waals surface area contributed by atoms with Gasteiger partial charge < -0.3 is 15.3 Å². The highest BCUT2D eigenvalue weighted by atomic mass is 16.3. The molecule has 100 valence electrons. The van der Waals surface area contributed by atoms with Crippen molar-refractivity contribution in [3.8, 4) is 0 Å². The molecule has 0 radical (unpaired) electrons. The number of aliphatic hydroxyl groups excluding tert-OH is 1. The Balaban J connectivity index is 2.03. The second-order valence-corrected chi connectivity index (χ2v) is 5.31. The average Bonchev–Trinajstić information content (AvgIpc) is 2.35. The molecule has 3 nitrogen and oxygen atoms in total. The standard InChI is InChI=1S/C15H24N2O/c1-12-8-13(2)10-15(9-12)17-6-3-4-14(11-17)16-5-7-18/h8-10,14,16,18H,3-7,11H2,1-2H3. The van der Waals surface area contributed by atoms with Gasteiger partial charge in [0.1, 0.15) is 0 Å². The number of piperidine rings is 1. The van der Waals surface area contributed by atoms with Crippen LogP contribution in [0.2, 0.25) is 0 Å². The SMILES string of the molecule is Cc1cc(C)cc(N2CCCC(NCCO)C2)c1. The van der Waals surface area contributed by atoms with Crippen LogP contribution in [0.5, 0.6) is 0 Å². The molecule has 0 aromatic heterocycles. The molecule has 1 aliphatic rings. The highest BCUT2D eigenvalue weighted by Crippen LogP contribution is 2.22. The third-order valence-electron chi connectivity index (χ3n) is 3.54. The summed E-state index contributed by atoms with van der Waals surface area (Å²) in [5.41, 5.74) is 3.99. The summed E-state index contributed by atoms with van der Waals surface area (Å²) in [7, 11) is 0. The molecule has 0 aliphatic carbocycles. The Hall–Kier alpha value is -1.06. The topological polar surface area (TPSA) is 35.5 Å². The van der Waals surface area contributed by atoms with E-state index in [1.54, 1.807) is 0 Å². The van der Waals surface area contributed by atoms with Crippen LogP contribution >= 0.6 is 0 Å². The van der Waals surface area contributed by atoms with Crippen molar-refractivity contribution < 1.29 is 5.11 Å². The molecular formula is C15H24N2O. The largest absolute Gasteiger partial charge is 0.395 e. The van der Waals surface area contributed by atoms with Crippen molar-refractivity contribution in [3.05, 3.63) is 29.3 Å². The van der Waals surface area contributed by atoms with Gasteiger partial charge in [-0.25, -0.2) is 0 Å². The van der Waals surface area contributed by atoms with E-state index < -0.39 is 0 Å². The minimum absolute atomic E-state index is 0.222. The van der Waals surface area contributed by atoms with Gasteiger partial charge in [-0.15, -0.1) is 0 Å². The van der Waals surface area contributed by atoms with Crippen molar-refractivity contribution in [1.82, 2.24) is 5.32 Å². The molecule has 2 rings (SSSR count). The van der Waals surface area contributed by atoms with Crippen molar-refractivity contribution >= 4 is 5.69 Å². The summed E-state index contributed by atoms with van der Waals surface area (Å²) in [5.74, 6) is 0. The number of benzene rings is 1. The third kappa shape index (κ3) is 3.47. The molecule has 2 N–H and O–H groups in total. The van der Waals surface area contributed by atoms with E-state index in [9.17, 15) is 0 Å². The lowest BCUT2D eigenvalue weighted by molar-refractivity contribution is 0.278. The summed E-state index contributed by atoms with van der Waals surface area (Å²) in [4.78, 5) is 2.46. The number of aryl methyl sites for hydroxylation is 2. The molecule has 1 aromatic rings. The Labute approximate surface area is 110 Å². The highest BCUT2D eigenvalue weighted by Gasteiger charge is 2.19. The maximum Gasteiger partial charge on any atom is 0.0556 e. The maximum absolute atomic E-state index is 8.88. The normalized spacial score (nSPS) is 20.2. The molecule has 1 saturated heterocycles. The first-order valence-electron chi connectivity index (χ1n) is 6.86. The van der Waals surface area contributed by atoms with E-state index in [0.717, 1.165) is 13.1 Å². The molecule has 1 atom stereocenters. The van der Waals surface area contributed by atoms with E-state index in [1.165, 1.54) is 29.7 Å². The summed E-state index contributed by atoms with van der Waals surface area (Å²) in [6, 6.07) is 7.25. The first-order valence-corrected chi connectivity index (χ1v) is 6.86. The van der Waals surface area contributed by atoms with Crippen molar-refractivity contribution in [1.29, 1.82) is 0 Å². The van der Waals surface area contributed by atoms with Gasteiger partial charge in [0.25, 0.3) is 0 Å². The smallest absolute Gasteiger partial charge is 0.0556 e. The van der Waals surface area contributed by atoms with Crippen LogP contribution in [0.3, 0.4) is 0 Å². The van der Waals surface area contributed by atoms with E-state index >= 15 is 0 Å². The zero-order valence-electron chi connectivity index (χ0n) is 11.4. The van der Waals surface area contributed by atoms with Crippen LogP contribution in [-0.2, 0) is 0 Å². The van der Waals surface area contributed by atoms with E-state index in [-0.39, 0.29) is 6.61 Å². The molecule has 3 heteroatoms. The lowest BCUT2D eigenvalue weighted by atomic mass is 10.0. The second kappa shape index (κ2) is 6.21. The maximum atomic E-state index is 8.88. The van der Waals surface area contributed by atoms with Gasteiger partial charge in [-0.3, -0.25) is 0 Å². The van der Waals surface area contributed by atoms with E-state index in [0.29, 0.717) is 12.6 Å². The van der Waals surface area contributed by atoms with Gasteiger partial charge in [0, 0.05) is 31.4 Å². The van der Waals surface area contributed by atoms with Gasteiger partial charge in [-0.05, 0) is 49.9 Å². The lowest BCUT2D eigenvalue weighted by Gasteiger charge is -2.35. The summed E-state index contributed by atoms with van der Waals surface area (Å²) < 4.78 is 0. The van der Waals surface area contributed by atoms with E-state index in [4.69, 9.17) is 5.11 Å². The minimum Gasteiger partial charge on any atom is -0.395 e. The quantitative estimate of drug-likeness (QED) is 0.853. The van der Waals surface area contributed by atoms with Crippen LogP contribution in [0.25, 0.3) is 0 Å². The number of hydrogen-bond acceptors (Lipinski definition) is 3. The monoisotopic (exact) mass is 248 g/mol. The summed E-state index contributed by atoms with van der Waals surface area (Å²) >= 11 is 0. The van der Waals surface area contributed by atoms with Crippen LogP contribution in [-0.4, -0.2) is 37.4 Å². The van der Waals surface area contributed by atoms with Gasteiger partial charge in [0.15, 0.2) is 0 Å². The van der Waals surface area contributed by atoms with Gasteiger partial charge in [0.05, 0.1) is 6.61 Å². The fourth-order valence-corrected chi connectivity index (χ4v) is 2.78. The van der Waals surface area contributed by atoms with Gasteiger partial charge in [-0.1, -0.05) is 6.07 Å². The third-order valence-corrected chi connectivity index (χ3v) is 3.54. The molecule has 1 fully saturated rings. The molecule has 1 heterocycles. The molecular weight excluding hydrogens is 224 g/mol. The average molecular weight is 248 g/mol.